The third-order valence-electron chi connectivity index (χ3n) is 5.97. The molecule has 0 aromatic heterocycles. The summed E-state index contributed by atoms with van der Waals surface area (Å²) in [6, 6.07) is 16.6. The lowest BCUT2D eigenvalue weighted by Gasteiger charge is -2.33. The minimum atomic E-state index is -0.703. The van der Waals surface area contributed by atoms with Gasteiger partial charge in [0.1, 0.15) is 0 Å². The Labute approximate surface area is 162 Å². The summed E-state index contributed by atoms with van der Waals surface area (Å²) in [6.07, 6.45) is 0.939. The second-order valence-corrected chi connectivity index (χ2v) is 7.76. The van der Waals surface area contributed by atoms with Crippen LogP contribution in [-0.2, 0) is 9.53 Å². The molecule has 2 aromatic carbocycles. The van der Waals surface area contributed by atoms with E-state index in [0.29, 0.717) is 36.6 Å². The maximum absolute atomic E-state index is 13.1. The molecule has 27 heavy (non-hydrogen) atoms. The molecule has 3 fully saturated rings. The first-order valence-electron chi connectivity index (χ1n) is 9.18. The van der Waals surface area contributed by atoms with Crippen molar-refractivity contribution in [2.24, 2.45) is 0 Å². The minimum Gasteiger partial charge on any atom is -0.351 e. The normalized spacial score (nSPS) is 29.1. The second kappa shape index (κ2) is 6.08. The van der Waals surface area contributed by atoms with Crippen molar-refractivity contribution in [2.45, 2.75) is 30.7 Å². The summed E-state index contributed by atoms with van der Waals surface area (Å²) in [4.78, 5) is 29.6. The number of carbonyl (C=O) groups excluding carboxylic acids is 2. The number of benzene rings is 2. The van der Waals surface area contributed by atoms with Crippen molar-refractivity contribution < 1.29 is 14.3 Å². The highest BCUT2D eigenvalue weighted by Gasteiger charge is 2.65. The van der Waals surface area contributed by atoms with E-state index in [9.17, 15) is 9.59 Å². The largest absolute Gasteiger partial charge is 0.351 e. The number of hydrogen-bond donors (Lipinski definition) is 0. The first-order valence-corrected chi connectivity index (χ1v) is 9.55. The summed E-state index contributed by atoms with van der Waals surface area (Å²) < 4.78 is 6.25. The summed E-state index contributed by atoms with van der Waals surface area (Å²) in [7, 11) is 0. The van der Waals surface area contributed by atoms with E-state index in [-0.39, 0.29) is 23.9 Å². The third kappa shape index (κ3) is 2.42. The van der Waals surface area contributed by atoms with Crippen LogP contribution in [-0.4, -0.2) is 46.5 Å². The Morgan fingerprint density at radius 2 is 1.96 bits per heavy atom. The van der Waals surface area contributed by atoms with E-state index >= 15 is 0 Å². The lowest BCUT2D eigenvalue weighted by Crippen LogP contribution is -2.49. The van der Waals surface area contributed by atoms with Gasteiger partial charge in [0, 0.05) is 23.6 Å². The number of rotatable bonds is 2. The fraction of sp³-hybridized carbons (Fsp3) is 0.333. The monoisotopic (exact) mass is 382 g/mol. The zero-order chi connectivity index (χ0) is 18.6. The standard InChI is InChI=1S/C21H19ClN2O3/c22-16-8-4-7-15(11-16)20(26)23-10-9-21-18(23)12-19(25)24(21)17(13-27-21)14-5-2-1-3-6-14/h1-8,11,17-18H,9-10,12-13H2/t17-,18+,21-/m0/s1. The average Bonchev–Trinajstić information content (AvgIpc) is 3.31. The number of ether oxygens (including phenoxy) is 1. The van der Waals surface area contributed by atoms with Gasteiger partial charge in [-0.05, 0) is 23.8 Å². The Kier molecular flexibility index (Phi) is 3.78. The van der Waals surface area contributed by atoms with Crippen LogP contribution < -0.4 is 0 Å². The third-order valence-corrected chi connectivity index (χ3v) is 6.21. The highest BCUT2D eigenvalue weighted by atomic mass is 35.5. The van der Waals surface area contributed by atoms with Crippen LogP contribution in [0.2, 0.25) is 5.02 Å². The molecule has 0 unspecified atom stereocenters. The molecule has 0 N–H and O–H groups in total. The van der Waals surface area contributed by atoms with E-state index in [4.69, 9.17) is 16.3 Å². The number of nitrogens with zero attached hydrogens (tertiary/aromatic N) is 2. The fourth-order valence-electron chi connectivity index (χ4n) is 4.80. The van der Waals surface area contributed by atoms with Crippen LogP contribution in [0.3, 0.4) is 0 Å². The summed E-state index contributed by atoms with van der Waals surface area (Å²) in [6.45, 7) is 1.03. The first-order chi connectivity index (χ1) is 13.1. The molecule has 0 saturated carbocycles. The van der Waals surface area contributed by atoms with Crippen molar-refractivity contribution in [1.29, 1.82) is 0 Å². The maximum Gasteiger partial charge on any atom is 0.254 e. The zero-order valence-corrected chi connectivity index (χ0v) is 15.4. The Balaban J connectivity index is 1.47. The lowest BCUT2D eigenvalue weighted by atomic mass is 10.0. The molecule has 2 amide bonds. The molecule has 6 heteroatoms. The van der Waals surface area contributed by atoms with Crippen LogP contribution in [0.15, 0.2) is 54.6 Å². The molecule has 3 saturated heterocycles. The lowest BCUT2D eigenvalue weighted by molar-refractivity contribution is -0.138. The zero-order valence-electron chi connectivity index (χ0n) is 14.7. The maximum atomic E-state index is 13.1. The topological polar surface area (TPSA) is 49.9 Å². The number of likely N-dealkylation sites (tertiary alicyclic amines) is 1. The van der Waals surface area contributed by atoms with Gasteiger partial charge in [-0.1, -0.05) is 48.0 Å². The fourth-order valence-corrected chi connectivity index (χ4v) is 4.99. The quantitative estimate of drug-likeness (QED) is 0.801. The molecule has 5 rings (SSSR count). The van der Waals surface area contributed by atoms with Crippen LogP contribution in [0.5, 0.6) is 0 Å². The van der Waals surface area contributed by atoms with E-state index in [1.165, 1.54) is 0 Å². The first kappa shape index (κ1) is 16.8. The highest BCUT2D eigenvalue weighted by Crippen LogP contribution is 2.51. The Morgan fingerprint density at radius 1 is 1.15 bits per heavy atom. The van der Waals surface area contributed by atoms with E-state index in [0.717, 1.165) is 5.56 Å². The minimum absolute atomic E-state index is 0.0509. The summed E-state index contributed by atoms with van der Waals surface area (Å²) in [5, 5.41) is 0.528. The van der Waals surface area contributed by atoms with Gasteiger partial charge >= 0.3 is 0 Å². The van der Waals surface area contributed by atoms with Gasteiger partial charge in [-0.2, -0.15) is 0 Å². The summed E-state index contributed by atoms with van der Waals surface area (Å²) >= 11 is 6.05. The molecule has 0 aliphatic carbocycles. The molecule has 138 valence electrons. The Morgan fingerprint density at radius 3 is 2.74 bits per heavy atom. The van der Waals surface area contributed by atoms with E-state index < -0.39 is 5.72 Å². The van der Waals surface area contributed by atoms with Crippen LogP contribution >= 0.6 is 11.6 Å². The molecule has 3 heterocycles. The molecule has 3 aliphatic heterocycles. The van der Waals surface area contributed by atoms with E-state index in [1.54, 1.807) is 29.2 Å². The van der Waals surface area contributed by atoms with Crippen molar-refractivity contribution in [3.63, 3.8) is 0 Å². The van der Waals surface area contributed by atoms with Gasteiger partial charge in [0.15, 0.2) is 5.72 Å². The highest BCUT2D eigenvalue weighted by molar-refractivity contribution is 6.31. The molecule has 0 bridgehead atoms. The van der Waals surface area contributed by atoms with Crippen molar-refractivity contribution >= 4 is 23.4 Å². The molecule has 3 atom stereocenters. The van der Waals surface area contributed by atoms with Gasteiger partial charge < -0.3 is 14.5 Å². The SMILES string of the molecule is O=C(c1cccc(Cl)c1)N1CC[C@@]23OC[C@@H](c4ccccc4)N2C(=O)C[C@@H]13. The Bertz CT molecular complexity index is 919. The van der Waals surface area contributed by atoms with Crippen molar-refractivity contribution in [3.8, 4) is 0 Å². The van der Waals surface area contributed by atoms with Gasteiger partial charge in [0.25, 0.3) is 5.91 Å². The van der Waals surface area contributed by atoms with Gasteiger partial charge in [-0.25, -0.2) is 0 Å². The van der Waals surface area contributed by atoms with Crippen molar-refractivity contribution in [1.82, 2.24) is 9.80 Å². The molecule has 0 radical (unpaired) electrons. The molecule has 2 aromatic rings. The molecule has 1 spiro atoms. The van der Waals surface area contributed by atoms with Crippen molar-refractivity contribution in [2.75, 3.05) is 13.2 Å². The van der Waals surface area contributed by atoms with Crippen LogP contribution in [0.25, 0.3) is 0 Å². The average molecular weight is 383 g/mol. The van der Waals surface area contributed by atoms with E-state index in [2.05, 4.69) is 0 Å². The number of amides is 2. The van der Waals surface area contributed by atoms with Gasteiger partial charge in [0.2, 0.25) is 5.91 Å². The number of halogens is 1. The van der Waals surface area contributed by atoms with Crippen LogP contribution in [0.1, 0.15) is 34.8 Å². The van der Waals surface area contributed by atoms with Gasteiger partial charge in [-0.15, -0.1) is 0 Å². The molecular weight excluding hydrogens is 364 g/mol. The number of carbonyl (C=O) groups is 2. The molecule has 5 nitrogen and oxygen atoms in total. The predicted molar refractivity (Wildman–Crippen MR) is 100 cm³/mol. The Hall–Kier alpha value is -2.37. The number of hydrogen-bond acceptors (Lipinski definition) is 3. The van der Waals surface area contributed by atoms with Gasteiger partial charge in [-0.3, -0.25) is 9.59 Å². The van der Waals surface area contributed by atoms with E-state index in [1.807, 2.05) is 35.2 Å². The molecular formula is C21H19ClN2O3. The smallest absolute Gasteiger partial charge is 0.254 e. The van der Waals surface area contributed by atoms with Crippen molar-refractivity contribution in [3.05, 3.63) is 70.7 Å². The molecule has 3 aliphatic rings. The van der Waals surface area contributed by atoms with Crippen LogP contribution in [0.4, 0.5) is 0 Å². The summed E-state index contributed by atoms with van der Waals surface area (Å²) in [5.74, 6) is -0.0456. The van der Waals surface area contributed by atoms with Crippen LogP contribution in [0, 0.1) is 0 Å². The predicted octanol–water partition coefficient (Wildman–Crippen LogP) is 3.25. The van der Waals surface area contributed by atoms with Gasteiger partial charge in [0.05, 0.1) is 25.1 Å². The second-order valence-electron chi connectivity index (χ2n) is 7.32. The summed E-state index contributed by atoms with van der Waals surface area (Å²) in [5.41, 5.74) is 0.914.